The van der Waals surface area contributed by atoms with Gasteiger partial charge >= 0.3 is 0 Å². The summed E-state index contributed by atoms with van der Waals surface area (Å²) in [5, 5.41) is 10.7. The van der Waals surface area contributed by atoms with Gasteiger partial charge in [0.2, 0.25) is 0 Å². The minimum Gasteiger partial charge on any atom is -0.389 e. The first kappa shape index (κ1) is 13.6. The lowest BCUT2D eigenvalue weighted by molar-refractivity contribution is -0.0612. The average Bonchev–Trinajstić information content (AvgIpc) is 2.46. The molecule has 2 aliphatic rings. The maximum absolute atomic E-state index is 10.9. The molecule has 0 amide bonds. The van der Waals surface area contributed by atoms with E-state index in [9.17, 15) is 9.90 Å². The van der Waals surface area contributed by atoms with E-state index in [-0.39, 0.29) is 0 Å². The number of aryl methyl sites for hydroxylation is 1. The Morgan fingerprint density at radius 2 is 2.20 bits per heavy atom. The Kier molecular flexibility index (Phi) is 3.55. The van der Waals surface area contributed by atoms with Gasteiger partial charge < -0.3 is 10.0 Å². The van der Waals surface area contributed by atoms with Crippen molar-refractivity contribution in [2.75, 3.05) is 18.0 Å². The van der Waals surface area contributed by atoms with Gasteiger partial charge in [-0.25, -0.2) is 0 Å². The van der Waals surface area contributed by atoms with E-state index < -0.39 is 5.60 Å². The Balaban J connectivity index is 1.79. The fourth-order valence-electron chi connectivity index (χ4n) is 3.79. The number of carbonyl (C=O) groups is 1. The van der Waals surface area contributed by atoms with Gasteiger partial charge in [-0.1, -0.05) is 12.8 Å². The number of hydrogen-bond donors (Lipinski definition) is 1. The quantitative estimate of drug-likeness (QED) is 0.842. The van der Waals surface area contributed by atoms with Gasteiger partial charge in [0.05, 0.1) is 5.60 Å². The molecule has 1 saturated heterocycles. The van der Waals surface area contributed by atoms with Gasteiger partial charge in [0.1, 0.15) is 6.29 Å². The Hall–Kier alpha value is -1.35. The lowest BCUT2D eigenvalue weighted by Crippen LogP contribution is -2.53. The van der Waals surface area contributed by atoms with Crippen molar-refractivity contribution in [1.82, 2.24) is 0 Å². The molecule has 3 nitrogen and oxygen atoms in total. The highest BCUT2D eigenvalue weighted by atomic mass is 16.3. The Morgan fingerprint density at radius 3 is 2.95 bits per heavy atom. The number of piperidine rings is 1. The maximum Gasteiger partial charge on any atom is 0.150 e. The number of fused-ring (bicyclic) bond motifs is 1. The van der Waals surface area contributed by atoms with E-state index in [1.165, 1.54) is 18.5 Å². The molecule has 1 heterocycles. The van der Waals surface area contributed by atoms with Crippen LogP contribution in [0.15, 0.2) is 18.2 Å². The molecule has 0 spiro atoms. The van der Waals surface area contributed by atoms with Crippen molar-refractivity contribution >= 4 is 12.0 Å². The highest BCUT2D eigenvalue weighted by Crippen LogP contribution is 2.40. The van der Waals surface area contributed by atoms with Crippen LogP contribution in [0.4, 0.5) is 5.69 Å². The SMILES string of the molecule is Cc1cc(N2CCC3(O)CCCCC3C2)ccc1C=O. The minimum absolute atomic E-state index is 0.399. The molecule has 1 aliphatic heterocycles. The van der Waals surface area contributed by atoms with Crippen molar-refractivity contribution in [3.05, 3.63) is 29.3 Å². The van der Waals surface area contributed by atoms with E-state index in [2.05, 4.69) is 11.0 Å². The normalized spacial score (nSPS) is 29.9. The fraction of sp³-hybridized carbons (Fsp3) is 0.588. The highest BCUT2D eigenvalue weighted by molar-refractivity contribution is 5.78. The molecule has 0 radical (unpaired) electrons. The number of aldehydes is 1. The van der Waals surface area contributed by atoms with Gasteiger partial charge in [-0.2, -0.15) is 0 Å². The monoisotopic (exact) mass is 273 g/mol. The molecular weight excluding hydrogens is 250 g/mol. The van der Waals surface area contributed by atoms with E-state index >= 15 is 0 Å². The van der Waals surface area contributed by atoms with E-state index in [0.29, 0.717) is 5.92 Å². The summed E-state index contributed by atoms with van der Waals surface area (Å²) in [6.07, 6.45) is 6.29. The van der Waals surface area contributed by atoms with Crippen LogP contribution < -0.4 is 4.90 Å². The number of rotatable bonds is 2. The third kappa shape index (κ3) is 2.35. The molecule has 2 unspecified atom stereocenters. The van der Waals surface area contributed by atoms with Crippen LogP contribution in [0.3, 0.4) is 0 Å². The highest BCUT2D eigenvalue weighted by Gasteiger charge is 2.42. The summed E-state index contributed by atoms with van der Waals surface area (Å²) in [7, 11) is 0. The molecule has 0 aromatic heterocycles. The van der Waals surface area contributed by atoms with Crippen molar-refractivity contribution in [2.24, 2.45) is 5.92 Å². The van der Waals surface area contributed by atoms with Crippen LogP contribution >= 0.6 is 0 Å². The molecule has 1 saturated carbocycles. The molecule has 20 heavy (non-hydrogen) atoms. The third-order valence-corrected chi connectivity index (χ3v) is 5.17. The Morgan fingerprint density at radius 1 is 1.35 bits per heavy atom. The van der Waals surface area contributed by atoms with Crippen molar-refractivity contribution in [1.29, 1.82) is 0 Å². The van der Waals surface area contributed by atoms with E-state index in [0.717, 1.165) is 49.8 Å². The molecule has 3 heteroatoms. The predicted molar refractivity (Wildman–Crippen MR) is 80.3 cm³/mol. The van der Waals surface area contributed by atoms with Gasteiger partial charge in [-0.15, -0.1) is 0 Å². The molecule has 1 aromatic carbocycles. The standard InChI is InChI=1S/C17H23NO2/c1-13-10-16(6-5-14(13)12-19)18-9-8-17(20)7-3-2-4-15(17)11-18/h5-6,10,12,15,20H,2-4,7-9,11H2,1H3. The van der Waals surface area contributed by atoms with Gasteiger partial charge in [0.25, 0.3) is 0 Å². The first-order chi connectivity index (χ1) is 9.62. The molecule has 1 N–H and O–H groups in total. The minimum atomic E-state index is -0.424. The molecule has 108 valence electrons. The zero-order valence-corrected chi connectivity index (χ0v) is 12.1. The summed E-state index contributed by atoms with van der Waals surface area (Å²) in [5.41, 5.74) is 2.55. The summed E-state index contributed by atoms with van der Waals surface area (Å²) < 4.78 is 0. The van der Waals surface area contributed by atoms with Gasteiger partial charge in [0.15, 0.2) is 0 Å². The molecule has 1 aromatic rings. The zero-order valence-electron chi connectivity index (χ0n) is 12.1. The first-order valence-electron chi connectivity index (χ1n) is 7.65. The zero-order chi connectivity index (χ0) is 14.2. The number of nitrogens with zero attached hydrogens (tertiary/aromatic N) is 1. The van der Waals surface area contributed by atoms with Crippen LogP contribution in [-0.2, 0) is 0 Å². The molecular formula is C17H23NO2. The molecule has 2 atom stereocenters. The Bertz CT molecular complexity index is 514. The lowest BCUT2D eigenvalue weighted by Gasteiger charge is -2.48. The van der Waals surface area contributed by atoms with E-state index in [4.69, 9.17) is 0 Å². The largest absolute Gasteiger partial charge is 0.389 e. The van der Waals surface area contributed by atoms with E-state index in [1.807, 2.05) is 19.1 Å². The number of aliphatic hydroxyl groups is 1. The second-order valence-corrected chi connectivity index (χ2v) is 6.40. The maximum atomic E-state index is 10.9. The number of anilines is 1. The summed E-state index contributed by atoms with van der Waals surface area (Å²) in [5.74, 6) is 0.399. The van der Waals surface area contributed by atoms with Crippen LogP contribution in [0.1, 0.15) is 48.0 Å². The average molecular weight is 273 g/mol. The van der Waals surface area contributed by atoms with Crippen molar-refractivity contribution in [2.45, 2.75) is 44.6 Å². The lowest BCUT2D eigenvalue weighted by atomic mass is 9.71. The molecule has 2 fully saturated rings. The molecule has 1 aliphatic carbocycles. The van der Waals surface area contributed by atoms with E-state index in [1.54, 1.807) is 0 Å². The number of hydrogen-bond acceptors (Lipinski definition) is 3. The smallest absolute Gasteiger partial charge is 0.150 e. The second-order valence-electron chi connectivity index (χ2n) is 6.40. The summed E-state index contributed by atoms with van der Waals surface area (Å²) in [4.78, 5) is 13.3. The molecule has 0 bridgehead atoms. The molecule has 3 rings (SSSR count). The van der Waals surface area contributed by atoms with Crippen LogP contribution in [0, 0.1) is 12.8 Å². The van der Waals surface area contributed by atoms with Crippen molar-refractivity contribution in [3.63, 3.8) is 0 Å². The van der Waals surface area contributed by atoms with Crippen molar-refractivity contribution < 1.29 is 9.90 Å². The number of benzene rings is 1. The van der Waals surface area contributed by atoms with Crippen LogP contribution in [0.5, 0.6) is 0 Å². The topological polar surface area (TPSA) is 40.5 Å². The van der Waals surface area contributed by atoms with Gasteiger partial charge in [0, 0.05) is 30.3 Å². The summed E-state index contributed by atoms with van der Waals surface area (Å²) >= 11 is 0. The number of carbonyl (C=O) groups excluding carboxylic acids is 1. The fourth-order valence-corrected chi connectivity index (χ4v) is 3.79. The van der Waals surface area contributed by atoms with Crippen LogP contribution in [-0.4, -0.2) is 30.1 Å². The predicted octanol–water partition coefficient (Wildman–Crippen LogP) is 2.94. The third-order valence-electron chi connectivity index (χ3n) is 5.17. The second kappa shape index (κ2) is 5.21. The van der Waals surface area contributed by atoms with Crippen molar-refractivity contribution in [3.8, 4) is 0 Å². The van der Waals surface area contributed by atoms with Crippen LogP contribution in [0.25, 0.3) is 0 Å². The Labute approximate surface area is 120 Å². The van der Waals surface area contributed by atoms with Crippen LogP contribution in [0.2, 0.25) is 0 Å². The van der Waals surface area contributed by atoms with Gasteiger partial charge in [-0.3, -0.25) is 4.79 Å². The summed E-state index contributed by atoms with van der Waals surface area (Å²) in [6, 6.07) is 6.03. The van der Waals surface area contributed by atoms with Gasteiger partial charge in [-0.05, 0) is 49.9 Å². The first-order valence-corrected chi connectivity index (χ1v) is 7.65. The summed E-state index contributed by atoms with van der Waals surface area (Å²) in [6.45, 7) is 3.83.